The molecule has 2 aromatic rings. The lowest BCUT2D eigenvalue weighted by atomic mass is 10.2. The molecule has 82 valence electrons. The van der Waals surface area contributed by atoms with Crippen molar-refractivity contribution in [2.75, 3.05) is 0 Å². The van der Waals surface area contributed by atoms with Gasteiger partial charge >= 0.3 is 0 Å². The molecule has 0 fully saturated rings. The van der Waals surface area contributed by atoms with E-state index in [0.717, 1.165) is 18.8 Å². The average molecular weight is 217 g/mol. The molecule has 5 heteroatoms. The Morgan fingerprint density at radius 2 is 2.25 bits per heavy atom. The molecular weight excluding hydrogens is 206 g/mol. The quantitative estimate of drug-likeness (QED) is 0.708. The monoisotopic (exact) mass is 217 g/mol. The highest BCUT2D eigenvalue weighted by atomic mass is 16.3. The van der Waals surface area contributed by atoms with Crippen LogP contribution in [0.25, 0.3) is 11.5 Å². The fraction of sp³-hybridized carbons (Fsp3) is 0.273. The van der Waals surface area contributed by atoms with Crippen molar-refractivity contribution >= 4 is 0 Å². The summed E-state index contributed by atoms with van der Waals surface area (Å²) in [6, 6.07) is 1.38. The Balaban J connectivity index is 2.39. The van der Waals surface area contributed by atoms with Crippen molar-refractivity contribution in [2.24, 2.45) is 0 Å². The van der Waals surface area contributed by atoms with Gasteiger partial charge in [0.2, 0.25) is 5.43 Å². The molecule has 0 spiro atoms. The molecule has 1 aliphatic rings. The van der Waals surface area contributed by atoms with Gasteiger partial charge in [-0.15, -0.1) is 0 Å². The number of fused-ring (bicyclic) bond motifs is 3. The second kappa shape index (κ2) is 2.98. The van der Waals surface area contributed by atoms with E-state index in [1.54, 1.807) is 12.4 Å². The van der Waals surface area contributed by atoms with Gasteiger partial charge < -0.3 is 14.2 Å². The molecule has 5 nitrogen and oxygen atoms in total. The van der Waals surface area contributed by atoms with Gasteiger partial charge in [-0.25, -0.2) is 4.98 Å². The summed E-state index contributed by atoms with van der Waals surface area (Å²) in [5, 5.41) is 9.81. The number of hydrogen-bond acceptors (Lipinski definition) is 3. The highest BCUT2D eigenvalue weighted by Gasteiger charge is 2.22. The number of pyridine rings is 1. The highest BCUT2D eigenvalue weighted by molar-refractivity contribution is 5.60. The van der Waals surface area contributed by atoms with Gasteiger partial charge in [0.1, 0.15) is 5.69 Å². The van der Waals surface area contributed by atoms with Crippen molar-refractivity contribution < 1.29 is 5.11 Å². The van der Waals surface area contributed by atoms with Gasteiger partial charge in [-0.05, 0) is 6.92 Å². The van der Waals surface area contributed by atoms with Crippen LogP contribution in [-0.2, 0) is 13.1 Å². The minimum atomic E-state index is -0.361. The van der Waals surface area contributed by atoms with Crippen LogP contribution in [0.3, 0.4) is 0 Å². The number of aromatic hydroxyl groups is 1. The van der Waals surface area contributed by atoms with Crippen LogP contribution in [0.4, 0.5) is 0 Å². The molecule has 0 saturated heterocycles. The maximum absolute atomic E-state index is 11.4. The molecule has 3 heterocycles. The number of hydrogen-bond donors (Lipinski definition) is 1. The standard InChI is InChI=1S/C11H11N3O2/c1-7-6-12-11-9-10(16)8(15)2-3-13(9)4-5-14(7)11/h2-3,6,16H,4-5H2,1H3. The molecule has 1 N–H and O–H groups in total. The van der Waals surface area contributed by atoms with Crippen LogP contribution in [0, 0.1) is 6.92 Å². The fourth-order valence-electron chi connectivity index (χ4n) is 2.12. The van der Waals surface area contributed by atoms with Crippen LogP contribution in [0.2, 0.25) is 0 Å². The minimum absolute atomic E-state index is 0.214. The molecule has 0 atom stereocenters. The molecule has 0 amide bonds. The predicted octanol–water partition coefficient (Wildman–Crippen LogP) is 0.739. The molecule has 0 radical (unpaired) electrons. The fourth-order valence-corrected chi connectivity index (χ4v) is 2.12. The van der Waals surface area contributed by atoms with Crippen molar-refractivity contribution in [1.82, 2.24) is 14.1 Å². The lowest BCUT2D eigenvalue weighted by Crippen LogP contribution is -2.21. The van der Waals surface area contributed by atoms with E-state index in [0.29, 0.717) is 11.5 Å². The predicted molar refractivity (Wildman–Crippen MR) is 58.3 cm³/mol. The Kier molecular flexibility index (Phi) is 1.71. The van der Waals surface area contributed by atoms with Crippen molar-refractivity contribution in [3.05, 3.63) is 34.4 Å². The van der Waals surface area contributed by atoms with Crippen molar-refractivity contribution in [2.45, 2.75) is 20.0 Å². The van der Waals surface area contributed by atoms with E-state index in [2.05, 4.69) is 4.98 Å². The number of aryl methyl sites for hydroxylation is 2. The van der Waals surface area contributed by atoms with Gasteiger partial charge in [-0.1, -0.05) is 0 Å². The summed E-state index contributed by atoms with van der Waals surface area (Å²) in [5.41, 5.74) is 1.20. The lowest BCUT2D eigenvalue weighted by Gasteiger charge is -2.21. The third kappa shape index (κ3) is 1.05. The van der Waals surface area contributed by atoms with Gasteiger partial charge in [0.25, 0.3) is 0 Å². The van der Waals surface area contributed by atoms with E-state index >= 15 is 0 Å². The van der Waals surface area contributed by atoms with Crippen molar-refractivity contribution in [3.8, 4) is 17.3 Å². The maximum atomic E-state index is 11.4. The van der Waals surface area contributed by atoms with Gasteiger partial charge in [-0.2, -0.15) is 0 Å². The number of imidazole rings is 1. The number of rotatable bonds is 0. The van der Waals surface area contributed by atoms with Gasteiger partial charge in [0.15, 0.2) is 11.6 Å². The first-order valence-electron chi connectivity index (χ1n) is 5.13. The molecule has 0 aromatic carbocycles. The SMILES string of the molecule is Cc1cnc2n1CCn1ccc(=O)c(O)c1-2. The molecule has 0 aliphatic carbocycles. The topological polar surface area (TPSA) is 60.0 Å². The second-order valence-electron chi connectivity index (χ2n) is 3.95. The Morgan fingerprint density at radius 1 is 1.44 bits per heavy atom. The van der Waals surface area contributed by atoms with Gasteiger partial charge in [0, 0.05) is 37.2 Å². The molecule has 0 unspecified atom stereocenters. The molecule has 3 rings (SSSR count). The first-order valence-corrected chi connectivity index (χ1v) is 5.13. The summed E-state index contributed by atoms with van der Waals surface area (Å²) < 4.78 is 3.87. The molecule has 0 bridgehead atoms. The Labute approximate surface area is 91.6 Å². The van der Waals surface area contributed by atoms with Crippen LogP contribution < -0.4 is 5.43 Å². The van der Waals surface area contributed by atoms with E-state index in [-0.39, 0.29) is 11.2 Å². The van der Waals surface area contributed by atoms with Gasteiger partial charge in [-0.3, -0.25) is 4.79 Å². The van der Waals surface area contributed by atoms with E-state index in [9.17, 15) is 9.90 Å². The molecule has 16 heavy (non-hydrogen) atoms. The smallest absolute Gasteiger partial charge is 0.223 e. The largest absolute Gasteiger partial charge is 0.503 e. The summed E-state index contributed by atoms with van der Waals surface area (Å²) in [6.07, 6.45) is 3.45. The second-order valence-corrected chi connectivity index (χ2v) is 3.95. The zero-order valence-electron chi connectivity index (χ0n) is 8.84. The van der Waals surface area contributed by atoms with Crippen molar-refractivity contribution in [3.63, 3.8) is 0 Å². The van der Waals surface area contributed by atoms with E-state index < -0.39 is 0 Å². The Bertz CT molecular complexity index is 625. The zero-order valence-corrected chi connectivity index (χ0v) is 8.84. The van der Waals surface area contributed by atoms with E-state index in [1.807, 2.05) is 16.1 Å². The zero-order chi connectivity index (χ0) is 11.3. The summed E-state index contributed by atoms with van der Waals surface area (Å²) >= 11 is 0. The first-order chi connectivity index (χ1) is 7.68. The van der Waals surface area contributed by atoms with Crippen LogP contribution in [0.1, 0.15) is 5.69 Å². The van der Waals surface area contributed by atoms with Crippen LogP contribution in [0.5, 0.6) is 5.75 Å². The molecule has 1 aliphatic heterocycles. The summed E-state index contributed by atoms with van der Waals surface area (Å²) in [4.78, 5) is 15.7. The molecule has 0 saturated carbocycles. The van der Waals surface area contributed by atoms with E-state index in [4.69, 9.17) is 0 Å². The van der Waals surface area contributed by atoms with Gasteiger partial charge in [0.05, 0.1) is 0 Å². The van der Waals surface area contributed by atoms with Crippen molar-refractivity contribution in [1.29, 1.82) is 0 Å². The summed E-state index contributed by atoms with van der Waals surface area (Å²) in [6.45, 7) is 3.52. The van der Waals surface area contributed by atoms with Crippen LogP contribution >= 0.6 is 0 Å². The number of aromatic nitrogens is 3. The summed E-state index contributed by atoms with van der Waals surface area (Å²) in [5.74, 6) is 0.452. The first kappa shape index (κ1) is 9.21. The Hall–Kier alpha value is -2.04. The van der Waals surface area contributed by atoms with E-state index in [1.165, 1.54) is 6.07 Å². The third-order valence-corrected chi connectivity index (χ3v) is 2.98. The maximum Gasteiger partial charge on any atom is 0.223 e. The normalized spacial score (nSPS) is 13.3. The summed E-state index contributed by atoms with van der Waals surface area (Å²) in [7, 11) is 0. The van der Waals surface area contributed by atoms with Crippen LogP contribution in [-0.4, -0.2) is 19.2 Å². The molecule has 2 aromatic heterocycles. The number of nitrogens with zero attached hydrogens (tertiary/aromatic N) is 3. The average Bonchev–Trinajstić information content (AvgIpc) is 2.65. The lowest BCUT2D eigenvalue weighted by molar-refractivity contribution is 0.451. The minimum Gasteiger partial charge on any atom is -0.503 e. The third-order valence-electron chi connectivity index (χ3n) is 2.98. The Morgan fingerprint density at radius 3 is 3.06 bits per heavy atom. The highest BCUT2D eigenvalue weighted by Crippen LogP contribution is 2.29. The van der Waals surface area contributed by atoms with Crippen LogP contribution in [0.15, 0.2) is 23.3 Å². The molecular formula is C11H11N3O2.